The number of hydrogen-bond donors (Lipinski definition) is 1. The zero-order chi connectivity index (χ0) is 14.5. The van der Waals surface area contributed by atoms with E-state index in [1.54, 1.807) is 4.31 Å². The lowest BCUT2D eigenvalue weighted by atomic mass is 9.94. The summed E-state index contributed by atoms with van der Waals surface area (Å²) >= 11 is 0. The van der Waals surface area contributed by atoms with Gasteiger partial charge in [-0.15, -0.1) is 0 Å². The van der Waals surface area contributed by atoms with E-state index in [4.69, 9.17) is 0 Å². The van der Waals surface area contributed by atoms with E-state index in [0.29, 0.717) is 19.0 Å². The summed E-state index contributed by atoms with van der Waals surface area (Å²) in [6.07, 6.45) is 2.70. The van der Waals surface area contributed by atoms with E-state index >= 15 is 0 Å². The fourth-order valence-corrected chi connectivity index (χ4v) is 4.20. The maximum absolute atomic E-state index is 12.3. The molecule has 0 spiro atoms. The van der Waals surface area contributed by atoms with Gasteiger partial charge in [-0.05, 0) is 43.7 Å². The van der Waals surface area contributed by atoms with Crippen LogP contribution in [0.5, 0.6) is 0 Å². The molecule has 1 rings (SSSR count). The molecular weight excluding hydrogens is 260 g/mol. The van der Waals surface area contributed by atoms with Crippen LogP contribution in [-0.4, -0.2) is 44.7 Å². The molecule has 0 aromatic heterocycles. The molecule has 0 unspecified atom stereocenters. The molecule has 1 N–H and O–H groups in total. The standard InChI is InChI=1S/C14H30N2O2S/c1-5-15-12-13-6-9-16(10-7-13)19(17,18)11-8-14(2,3)4/h13,15H,5-12H2,1-4H3. The van der Waals surface area contributed by atoms with Crippen molar-refractivity contribution in [2.24, 2.45) is 11.3 Å². The maximum atomic E-state index is 12.3. The zero-order valence-corrected chi connectivity index (χ0v) is 13.7. The highest BCUT2D eigenvalue weighted by Gasteiger charge is 2.28. The maximum Gasteiger partial charge on any atom is 0.214 e. The van der Waals surface area contributed by atoms with E-state index < -0.39 is 10.0 Å². The molecule has 1 aliphatic rings. The molecule has 1 aliphatic heterocycles. The first-order valence-electron chi connectivity index (χ1n) is 7.43. The van der Waals surface area contributed by atoms with Gasteiger partial charge in [0.2, 0.25) is 10.0 Å². The van der Waals surface area contributed by atoms with Crippen LogP contribution < -0.4 is 5.32 Å². The molecule has 19 heavy (non-hydrogen) atoms. The minimum atomic E-state index is -3.05. The summed E-state index contributed by atoms with van der Waals surface area (Å²) in [6.45, 7) is 11.8. The number of nitrogens with zero attached hydrogens (tertiary/aromatic N) is 1. The Morgan fingerprint density at radius 1 is 1.21 bits per heavy atom. The Kier molecular flexibility index (Phi) is 6.27. The highest BCUT2D eigenvalue weighted by molar-refractivity contribution is 7.89. The van der Waals surface area contributed by atoms with Crippen molar-refractivity contribution >= 4 is 10.0 Å². The van der Waals surface area contributed by atoms with Gasteiger partial charge >= 0.3 is 0 Å². The highest BCUT2D eigenvalue weighted by Crippen LogP contribution is 2.23. The van der Waals surface area contributed by atoms with E-state index in [0.717, 1.165) is 32.4 Å². The van der Waals surface area contributed by atoms with Crippen molar-refractivity contribution in [1.29, 1.82) is 0 Å². The van der Waals surface area contributed by atoms with Crippen LogP contribution in [0.2, 0.25) is 0 Å². The topological polar surface area (TPSA) is 49.4 Å². The average molecular weight is 290 g/mol. The number of piperidine rings is 1. The third-order valence-corrected chi connectivity index (χ3v) is 5.63. The van der Waals surface area contributed by atoms with Gasteiger partial charge in [-0.2, -0.15) is 0 Å². The quantitative estimate of drug-likeness (QED) is 0.815. The van der Waals surface area contributed by atoms with Gasteiger partial charge in [-0.3, -0.25) is 0 Å². The minimum absolute atomic E-state index is 0.0798. The number of nitrogens with one attached hydrogen (secondary N) is 1. The van der Waals surface area contributed by atoms with Crippen LogP contribution >= 0.6 is 0 Å². The Labute approximate surface area is 119 Å². The first-order valence-corrected chi connectivity index (χ1v) is 9.04. The molecule has 5 heteroatoms. The van der Waals surface area contributed by atoms with Crippen LogP contribution in [0.3, 0.4) is 0 Å². The zero-order valence-electron chi connectivity index (χ0n) is 12.9. The fraction of sp³-hybridized carbons (Fsp3) is 1.00. The van der Waals surface area contributed by atoms with Gasteiger partial charge in [0.05, 0.1) is 5.75 Å². The summed E-state index contributed by atoms with van der Waals surface area (Å²) < 4.78 is 26.2. The largest absolute Gasteiger partial charge is 0.317 e. The third-order valence-electron chi connectivity index (χ3n) is 3.76. The predicted octanol–water partition coefficient (Wildman–Crippen LogP) is 2.07. The summed E-state index contributed by atoms with van der Waals surface area (Å²) in [5.74, 6) is 0.919. The lowest BCUT2D eigenvalue weighted by Crippen LogP contribution is -2.42. The molecule has 0 bridgehead atoms. The smallest absolute Gasteiger partial charge is 0.214 e. The monoisotopic (exact) mass is 290 g/mol. The molecule has 0 aromatic rings. The van der Waals surface area contributed by atoms with E-state index in [1.807, 2.05) is 0 Å². The number of hydrogen-bond acceptors (Lipinski definition) is 3. The average Bonchev–Trinajstić information content (AvgIpc) is 2.34. The molecule has 0 aromatic carbocycles. The van der Waals surface area contributed by atoms with Gasteiger partial charge in [-0.1, -0.05) is 27.7 Å². The summed E-state index contributed by atoms with van der Waals surface area (Å²) in [5, 5.41) is 3.35. The van der Waals surface area contributed by atoms with Crippen LogP contribution in [0.1, 0.15) is 47.0 Å². The molecule has 0 radical (unpaired) electrons. The first-order chi connectivity index (χ1) is 8.74. The van der Waals surface area contributed by atoms with Gasteiger partial charge in [0.1, 0.15) is 0 Å². The molecule has 0 amide bonds. The van der Waals surface area contributed by atoms with Crippen molar-refractivity contribution in [1.82, 2.24) is 9.62 Å². The predicted molar refractivity (Wildman–Crippen MR) is 80.7 cm³/mol. The van der Waals surface area contributed by atoms with Crippen molar-refractivity contribution in [2.45, 2.75) is 47.0 Å². The molecule has 1 heterocycles. The second kappa shape index (κ2) is 7.04. The van der Waals surface area contributed by atoms with Crippen molar-refractivity contribution in [3.8, 4) is 0 Å². The fourth-order valence-electron chi connectivity index (χ4n) is 2.30. The van der Waals surface area contributed by atoms with Gasteiger partial charge in [0.15, 0.2) is 0 Å². The minimum Gasteiger partial charge on any atom is -0.317 e. The Balaban J connectivity index is 2.41. The molecule has 114 valence electrons. The Bertz CT molecular complexity index is 352. The van der Waals surface area contributed by atoms with Crippen molar-refractivity contribution in [3.05, 3.63) is 0 Å². The second-order valence-corrected chi connectivity index (χ2v) is 8.87. The number of rotatable bonds is 6. The summed E-state index contributed by atoms with van der Waals surface area (Å²) in [6, 6.07) is 0. The number of sulfonamides is 1. The van der Waals surface area contributed by atoms with Crippen LogP contribution in [0.4, 0.5) is 0 Å². The summed E-state index contributed by atoms with van der Waals surface area (Å²) in [5.41, 5.74) is 0.0798. The van der Waals surface area contributed by atoms with E-state index in [9.17, 15) is 8.42 Å². The van der Waals surface area contributed by atoms with Gasteiger partial charge < -0.3 is 5.32 Å². The van der Waals surface area contributed by atoms with Crippen LogP contribution in [-0.2, 0) is 10.0 Å². The SMILES string of the molecule is CCNCC1CCN(S(=O)(=O)CCC(C)(C)C)CC1. The van der Waals surface area contributed by atoms with Crippen LogP contribution in [0.15, 0.2) is 0 Å². The van der Waals surface area contributed by atoms with E-state index in [1.165, 1.54) is 0 Å². The summed E-state index contributed by atoms with van der Waals surface area (Å²) in [7, 11) is -3.05. The van der Waals surface area contributed by atoms with E-state index in [2.05, 4.69) is 33.0 Å². The van der Waals surface area contributed by atoms with Crippen LogP contribution in [0, 0.1) is 11.3 Å². The van der Waals surface area contributed by atoms with Crippen molar-refractivity contribution < 1.29 is 8.42 Å². The summed E-state index contributed by atoms with van der Waals surface area (Å²) in [4.78, 5) is 0. The van der Waals surface area contributed by atoms with Crippen molar-refractivity contribution in [2.75, 3.05) is 31.9 Å². The second-order valence-electron chi connectivity index (χ2n) is 6.78. The Hall–Kier alpha value is -0.130. The van der Waals surface area contributed by atoms with Crippen LogP contribution in [0.25, 0.3) is 0 Å². The normalized spacial score (nSPS) is 19.8. The molecule has 0 aliphatic carbocycles. The Morgan fingerprint density at radius 2 is 1.79 bits per heavy atom. The Morgan fingerprint density at radius 3 is 2.26 bits per heavy atom. The van der Waals surface area contributed by atoms with E-state index in [-0.39, 0.29) is 11.2 Å². The molecular formula is C14H30N2O2S. The van der Waals surface area contributed by atoms with Gasteiger partial charge in [-0.25, -0.2) is 12.7 Å². The lowest BCUT2D eigenvalue weighted by Gasteiger charge is -2.32. The first kappa shape index (κ1) is 16.9. The van der Waals surface area contributed by atoms with Crippen molar-refractivity contribution in [3.63, 3.8) is 0 Å². The molecule has 1 fully saturated rings. The molecule has 0 saturated carbocycles. The van der Waals surface area contributed by atoms with Gasteiger partial charge in [0.25, 0.3) is 0 Å². The molecule has 0 atom stereocenters. The van der Waals surface area contributed by atoms with Gasteiger partial charge in [0, 0.05) is 13.1 Å². The lowest BCUT2D eigenvalue weighted by molar-refractivity contribution is 0.267. The molecule has 1 saturated heterocycles. The highest BCUT2D eigenvalue weighted by atomic mass is 32.2. The molecule has 4 nitrogen and oxygen atoms in total. The third kappa shape index (κ3) is 6.23.